The maximum Gasteiger partial charge on any atom is 0.287 e. The summed E-state index contributed by atoms with van der Waals surface area (Å²) in [6, 6.07) is 29.0. The number of nitro benzene ring substituents is 1. The smallest absolute Gasteiger partial charge is 0.287 e. The summed E-state index contributed by atoms with van der Waals surface area (Å²) < 4.78 is 4.05. The van der Waals surface area contributed by atoms with Gasteiger partial charge in [0.25, 0.3) is 11.3 Å². The topological polar surface area (TPSA) is 68.5 Å². The number of imidazole rings is 1. The van der Waals surface area contributed by atoms with Crippen LogP contribution >= 0.6 is 0 Å². The average molecular weight is 463 g/mol. The molecule has 0 saturated heterocycles. The lowest BCUT2D eigenvalue weighted by Gasteiger charge is -2.07. The van der Waals surface area contributed by atoms with Gasteiger partial charge in [0.05, 0.1) is 11.1 Å². The fourth-order valence-corrected chi connectivity index (χ4v) is 4.55. The predicted molar refractivity (Wildman–Crippen MR) is 135 cm³/mol. The van der Waals surface area contributed by atoms with Gasteiger partial charge in [0.1, 0.15) is 0 Å². The number of benzene rings is 3. The van der Waals surface area contributed by atoms with E-state index in [1.54, 1.807) is 19.1 Å². The Kier molecular flexibility index (Phi) is 5.71. The number of rotatable bonds is 6. The standard InChI is InChI=1S/C29H24N3O3/c1-20-11-12-25(18-26(20)32(34)35)27(33)19-31-28-10-6-7-17-30(28)21(2)29(31)24-15-13-23(14-16-24)22-8-4-3-5-9-22/h3-18H,19H2,1-2H3/q+1. The molecule has 6 nitrogen and oxygen atoms in total. The van der Waals surface area contributed by atoms with Gasteiger partial charge in [-0.25, -0.2) is 4.57 Å². The second-order valence-corrected chi connectivity index (χ2v) is 8.57. The van der Waals surface area contributed by atoms with Crippen LogP contribution in [0.3, 0.4) is 0 Å². The number of pyridine rings is 1. The van der Waals surface area contributed by atoms with Crippen molar-refractivity contribution in [3.63, 3.8) is 0 Å². The summed E-state index contributed by atoms with van der Waals surface area (Å²) in [6.07, 6.45) is 1.98. The number of aromatic nitrogens is 2. The van der Waals surface area contributed by atoms with Crippen molar-refractivity contribution < 1.29 is 14.3 Å². The van der Waals surface area contributed by atoms with Gasteiger partial charge in [0, 0.05) is 35.7 Å². The third kappa shape index (κ3) is 4.10. The van der Waals surface area contributed by atoms with E-state index in [9.17, 15) is 14.9 Å². The van der Waals surface area contributed by atoms with E-state index in [4.69, 9.17) is 0 Å². The molecule has 0 N–H and O–H groups in total. The molecule has 0 aliphatic rings. The number of carbonyl (C=O) groups excluding carboxylic acids is 1. The number of Topliss-reactive ketones (excluding diaryl/α,β-unsaturated/α-hetero) is 1. The van der Waals surface area contributed by atoms with E-state index >= 15 is 0 Å². The molecule has 35 heavy (non-hydrogen) atoms. The Bertz CT molecular complexity index is 1570. The van der Waals surface area contributed by atoms with Crippen LogP contribution in [-0.2, 0) is 6.54 Å². The normalized spacial score (nSPS) is 11.0. The summed E-state index contributed by atoms with van der Waals surface area (Å²) in [7, 11) is 0. The minimum absolute atomic E-state index is 0.0458. The zero-order chi connectivity index (χ0) is 24.5. The third-order valence-corrected chi connectivity index (χ3v) is 6.38. The van der Waals surface area contributed by atoms with Crippen LogP contribution in [0.2, 0.25) is 0 Å². The van der Waals surface area contributed by atoms with Gasteiger partial charge in [-0.2, -0.15) is 4.40 Å². The first-order chi connectivity index (χ1) is 16.9. The van der Waals surface area contributed by atoms with E-state index in [2.05, 4.69) is 40.8 Å². The lowest BCUT2D eigenvalue weighted by Crippen LogP contribution is -2.39. The molecule has 0 radical (unpaired) electrons. The zero-order valence-corrected chi connectivity index (χ0v) is 19.5. The van der Waals surface area contributed by atoms with Crippen molar-refractivity contribution in [1.82, 2.24) is 4.40 Å². The maximum atomic E-state index is 13.3. The molecular formula is C29H24N3O3+. The zero-order valence-electron chi connectivity index (χ0n) is 19.5. The van der Waals surface area contributed by atoms with Crippen LogP contribution in [-0.4, -0.2) is 15.1 Å². The van der Waals surface area contributed by atoms with Gasteiger partial charge in [-0.1, -0.05) is 60.7 Å². The van der Waals surface area contributed by atoms with E-state index in [0.717, 1.165) is 33.7 Å². The van der Waals surface area contributed by atoms with E-state index in [-0.39, 0.29) is 18.0 Å². The van der Waals surface area contributed by atoms with Crippen LogP contribution in [0.5, 0.6) is 0 Å². The molecule has 0 aliphatic heterocycles. The Morgan fingerprint density at radius 3 is 2.23 bits per heavy atom. The second kappa shape index (κ2) is 8.99. The molecule has 3 aromatic carbocycles. The average Bonchev–Trinajstić information content (AvgIpc) is 3.16. The highest BCUT2D eigenvalue weighted by atomic mass is 16.6. The Labute approximate surface area is 202 Å². The fourth-order valence-electron chi connectivity index (χ4n) is 4.55. The van der Waals surface area contributed by atoms with Crippen molar-refractivity contribution in [2.75, 3.05) is 0 Å². The number of hydrogen-bond acceptors (Lipinski definition) is 3. The number of hydrogen-bond donors (Lipinski definition) is 0. The molecule has 0 aliphatic carbocycles. The summed E-state index contributed by atoms with van der Waals surface area (Å²) in [6.45, 7) is 3.77. The fraction of sp³-hybridized carbons (Fsp3) is 0.103. The number of aryl methyl sites for hydroxylation is 2. The van der Waals surface area contributed by atoms with Crippen LogP contribution in [0.1, 0.15) is 21.6 Å². The molecule has 2 heterocycles. The molecule has 0 spiro atoms. The van der Waals surface area contributed by atoms with E-state index in [1.807, 2.05) is 54.1 Å². The van der Waals surface area contributed by atoms with Crippen molar-refractivity contribution >= 4 is 17.1 Å². The SMILES string of the molecule is Cc1ccc(C(=O)C[n+]2c(-c3ccc(-c4ccccc4)cc3)c(C)n3ccccc32)cc1[N+](=O)[O-]. The highest BCUT2D eigenvalue weighted by Crippen LogP contribution is 2.27. The summed E-state index contributed by atoms with van der Waals surface area (Å²) in [4.78, 5) is 24.3. The molecule has 0 unspecified atom stereocenters. The van der Waals surface area contributed by atoms with Crippen molar-refractivity contribution in [3.05, 3.63) is 124 Å². The van der Waals surface area contributed by atoms with E-state index in [0.29, 0.717) is 11.1 Å². The summed E-state index contributed by atoms with van der Waals surface area (Å²) in [5, 5.41) is 11.4. The van der Waals surface area contributed by atoms with Crippen molar-refractivity contribution in [1.29, 1.82) is 0 Å². The Hall–Kier alpha value is -4.58. The number of nitro groups is 1. The molecule has 0 bridgehead atoms. The van der Waals surface area contributed by atoms with Crippen molar-refractivity contribution in [3.8, 4) is 22.4 Å². The molecule has 5 aromatic rings. The maximum absolute atomic E-state index is 13.3. The lowest BCUT2D eigenvalue weighted by atomic mass is 10.0. The minimum Gasteiger partial charge on any atom is -0.290 e. The number of fused-ring (bicyclic) bond motifs is 1. The van der Waals surface area contributed by atoms with Gasteiger partial charge < -0.3 is 0 Å². The summed E-state index contributed by atoms with van der Waals surface area (Å²) in [5.74, 6) is -0.184. The van der Waals surface area contributed by atoms with E-state index < -0.39 is 4.92 Å². The molecule has 0 saturated carbocycles. The van der Waals surface area contributed by atoms with Crippen LogP contribution in [0.4, 0.5) is 5.69 Å². The number of ketones is 1. The van der Waals surface area contributed by atoms with Crippen LogP contribution in [0.25, 0.3) is 28.0 Å². The van der Waals surface area contributed by atoms with Crippen molar-refractivity contribution in [2.45, 2.75) is 20.4 Å². The monoisotopic (exact) mass is 462 g/mol. The first-order valence-electron chi connectivity index (χ1n) is 11.4. The minimum atomic E-state index is -0.448. The van der Waals surface area contributed by atoms with Gasteiger partial charge in [-0.05, 0) is 36.2 Å². The van der Waals surface area contributed by atoms with E-state index in [1.165, 1.54) is 6.07 Å². The molecule has 0 atom stereocenters. The Balaban J connectivity index is 1.58. The van der Waals surface area contributed by atoms with Gasteiger partial charge in [0.15, 0.2) is 17.9 Å². The van der Waals surface area contributed by atoms with Gasteiger partial charge in [0.2, 0.25) is 5.78 Å². The Morgan fingerprint density at radius 2 is 1.51 bits per heavy atom. The van der Waals surface area contributed by atoms with Crippen molar-refractivity contribution in [2.24, 2.45) is 0 Å². The largest absolute Gasteiger partial charge is 0.290 e. The first kappa shape index (κ1) is 22.2. The molecule has 2 aromatic heterocycles. The Morgan fingerprint density at radius 1 is 0.857 bits per heavy atom. The lowest BCUT2D eigenvalue weighted by molar-refractivity contribution is -0.645. The summed E-state index contributed by atoms with van der Waals surface area (Å²) >= 11 is 0. The first-order valence-corrected chi connectivity index (χ1v) is 11.4. The van der Waals surface area contributed by atoms with Crippen LogP contribution < -0.4 is 4.57 Å². The van der Waals surface area contributed by atoms with Gasteiger partial charge in [-0.15, -0.1) is 0 Å². The number of nitrogens with zero attached hydrogens (tertiary/aromatic N) is 3. The van der Waals surface area contributed by atoms with Gasteiger partial charge >= 0.3 is 0 Å². The predicted octanol–water partition coefficient (Wildman–Crippen LogP) is 5.97. The molecule has 0 fully saturated rings. The highest BCUT2D eigenvalue weighted by molar-refractivity contribution is 5.96. The molecular weight excluding hydrogens is 438 g/mol. The number of carbonyl (C=O) groups is 1. The summed E-state index contributed by atoms with van der Waals surface area (Å²) in [5.41, 5.74) is 6.89. The molecule has 5 rings (SSSR count). The second-order valence-electron chi connectivity index (χ2n) is 8.57. The molecule has 6 heteroatoms. The third-order valence-electron chi connectivity index (χ3n) is 6.38. The van der Waals surface area contributed by atoms with Crippen LogP contribution in [0, 0.1) is 24.0 Å². The molecule has 0 amide bonds. The molecule has 172 valence electrons. The highest BCUT2D eigenvalue weighted by Gasteiger charge is 2.26. The van der Waals surface area contributed by atoms with Gasteiger partial charge in [-0.3, -0.25) is 14.9 Å². The quantitative estimate of drug-likeness (QED) is 0.135. The van der Waals surface area contributed by atoms with Crippen LogP contribution in [0.15, 0.2) is 97.2 Å².